The summed E-state index contributed by atoms with van der Waals surface area (Å²) < 4.78 is 9.58. The lowest BCUT2D eigenvalue weighted by atomic mass is 9.80. The first-order valence-corrected chi connectivity index (χ1v) is 7.66. The summed E-state index contributed by atoms with van der Waals surface area (Å²) in [6.45, 7) is 2.17. The molecule has 5 heteroatoms. The Hall–Kier alpha value is -1.88. The van der Waals surface area contributed by atoms with Crippen molar-refractivity contribution in [3.05, 3.63) is 35.9 Å². The van der Waals surface area contributed by atoms with Gasteiger partial charge in [-0.2, -0.15) is 0 Å². The van der Waals surface area contributed by atoms with Gasteiger partial charge in [-0.15, -0.1) is 0 Å². The van der Waals surface area contributed by atoms with E-state index in [0.29, 0.717) is 0 Å². The maximum absolute atomic E-state index is 11.8. The number of hydrogen-bond acceptors (Lipinski definition) is 5. The molecule has 1 saturated carbocycles. The van der Waals surface area contributed by atoms with E-state index in [-0.39, 0.29) is 24.5 Å². The standard InChI is InChI=1S/C17H23NO4/c1-17(9-5-6-10-17)14(18)11-15(19)22-16(20)21-12-13-7-3-2-4-8-13/h2-4,7-8,14H,5-6,9-12,18H2,1H3/t14-/m0/s1. The van der Waals surface area contributed by atoms with Crippen LogP contribution in [0.25, 0.3) is 0 Å². The van der Waals surface area contributed by atoms with E-state index in [1.165, 1.54) is 0 Å². The van der Waals surface area contributed by atoms with E-state index in [4.69, 9.17) is 10.5 Å². The molecule has 0 amide bonds. The van der Waals surface area contributed by atoms with Crippen LogP contribution in [0.5, 0.6) is 0 Å². The zero-order chi connectivity index (χ0) is 16.0. The van der Waals surface area contributed by atoms with Gasteiger partial charge in [-0.3, -0.25) is 4.79 Å². The Bertz CT molecular complexity index is 509. The van der Waals surface area contributed by atoms with Crippen molar-refractivity contribution in [1.82, 2.24) is 0 Å². The van der Waals surface area contributed by atoms with Gasteiger partial charge in [0.2, 0.25) is 0 Å². The van der Waals surface area contributed by atoms with Crippen LogP contribution in [-0.2, 0) is 20.9 Å². The molecule has 0 aromatic heterocycles. The summed E-state index contributed by atoms with van der Waals surface area (Å²) in [5.74, 6) is -0.626. The molecule has 2 N–H and O–H groups in total. The SMILES string of the molecule is CC1([C@@H](N)CC(=O)OC(=O)OCc2ccccc2)CCCC1. The zero-order valence-corrected chi connectivity index (χ0v) is 12.9. The fourth-order valence-corrected chi connectivity index (χ4v) is 2.86. The van der Waals surface area contributed by atoms with Crippen LogP contribution in [0.2, 0.25) is 0 Å². The van der Waals surface area contributed by atoms with E-state index >= 15 is 0 Å². The van der Waals surface area contributed by atoms with Gasteiger partial charge in [0.1, 0.15) is 6.61 Å². The molecule has 2 rings (SSSR count). The second-order valence-electron chi connectivity index (χ2n) is 6.17. The summed E-state index contributed by atoms with van der Waals surface area (Å²) >= 11 is 0. The van der Waals surface area contributed by atoms with Crippen LogP contribution >= 0.6 is 0 Å². The molecule has 1 aliphatic rings. The van der Waals surface area contributed by atoms with Crippen molar-refractivity contribution in [2.45, 2.75) is 51.7 Å². The number of carbonyl (C=O) groups is 2. The van der Waals surface area contributed by atoms with Gasteiger partial charge in [0, 0.05) is 6.04 Å². The highest BCUT2D eigenvalue weighted by Gasteiger charge is 2.36. The van der Waals surface area contributed by atoms with Gasteiger partial charge in [0.05, 0.1) is 6.42 Å². The third kappa shape index (κ3) is 4.56. The smallest absolute Gasteiger partial charge is 0.429 e. The van der Waals surface area contributed by atoms with E-state index in [9.17, 15) is 9.59 Å². The summed E-state index contributed by atoms with van der Waals surface area (Å²) in [6.07, 6.45) is 3.37. The molecule has 1 aliphatic carbocycles. The molecule has 0 saturated heterocycles. The molecule has 120 valence electrons. The zero-order valence-electron chi connectivity index (χ0n) is 12.9. The highest BCUT2D eigenvalue weighted by Crippen LogP contribution is 2.40. The number of ether oxygens (including phenoxy) is 2. The van der Waals surface area contributed by atoms with Gasteiger partial charge in [-0.05, 0) is 23.8 Å². The van der Waals surface area contributed by atoms with Crippen LogP contribution in [0, 0.1) is 5.41 Å². The molecule has 0 spiro atoms. The minimum Gasteiger partial charge on any atom is -0.429 e. The second kappa shape index (κ2) is 7.40. The normalized spacial score (nSPS) is 17.7. The van der Waals surface area contributed by atoms with Gasteiger partial charge in [-0.25, -0.2) is 4.79 Å². The van der Waals surface area contributed by atoms with Crippen LogP contribution < -0.4 is 5.73 Å². The molecule has 1 aromatic rings. The largest absolute Gasteiger partial charge is 0.516 e. The first-order chi connectivity index (χ1) is 10.5. The minimum absolute atomic E-state index is 0.0348. The number of carbonyl (C=O) groups excluding carboxylic acids is 2. The van der Waals surface area contributed by atoms with Gasteiger partial charge in [0.15, 0.2) is 0 Å². The Morgan fingerprint density at radius 1 is 1.23 bits per heavy atom. The molecule has 1 fully saturated rings. The Morgan fingerprint density at radius 2 is 1.86 bits per heavy atom. The molecule has 1 atom stereocenters. The minimum atomic E-state index is -0.974. The third-order valence-electron chi connectivity index (χ3n) is 4.42. The van der Waals surface area contributed by atoms with E-state index in [2.05, 4.69) is 11.7 Å². The predicted octanol–water partition coefficient (Wildman–Crippen LogP) is 3.16. The van der Waals surface area contributed by atoms with E-state index in [1.54, 1.807) is 0 Å². The van der Waals surface area contributed by atoms with Gasteiger partial charge in [0.25, 0.3) is 0 Å². The van der Waals surface area contributed by atoms with Crippen LogP contribution in [-0.4, -0.2) is 18.2 Å². The molecule has 0 radical (unpaired) electrons. The van der Waals surface area contributed by atoms with E-state index in [1.807, 2.05) is 30.3 Å². The highest BCUT2D eigenvalue weighted by atomic mass is 16.7. The van der Waals surface area contributed by atoms with Crippen molar-refractivity contribution in [1.29, 1.82) is 0 Å². The lowest BCUT2D eigenvalue weighted by molar-refractivity contribution is -0.141. The van der Waals surface area contributed by atoms with Crippen LogP contribution in [0.15, 0.2) is 30.3 Å². The van der Waals surface area contributed by atoms with Crippen LogP contribution in [0.1, 0.15) is 44.6 Å². The summed E-state index contributed by atoms with van der Waals surface area (Å²) in [7, 11) is 0. The first kappa shape index (κ1) is 16.5. The Labute approximate surface area is 130 Å². The van der Waals surface area contributed by atoms with E-state index < -0.39 is 12.1 Å². The fraction of sp³-hybridized carbons (Fsp3) is 0.529. The summed E-state index contributed by atoms with van der Waals surface area (Å²) in [5, 5.41) is 0. The lowest BCUT2D eigenvalue weighted by Crippen LogP contribution is -2.40. The second-order valence-corrected chi connectivity index (χ2v) is 6.17. The number of esters is 1. The van der Waals surface area contributed by atoms with Crippen molar-refractivity contribution in [3.8, 4) is 0 Å². The van der Waals surface area contributed by atoms with Crippen molar-refractivity contribution in [3.63, 3.8) is 0 Å². The summed E-state index contributed by atoms with van der Waals surface area (Å²) in [6, 6.07) is 8.92. The predicted molar refractivity (Wildman–Crippen MR) is 81.9 cm³/mol. The number of hydrogen-bond donors (Lipinski definition) is 1. The Morgan fingerprint density at radius 3 is 2.50 bits per heavy atom. The van der Waals surface area contributed by atoms with Crippen LogP contribution in [0.3, 0.4) is 0 Å². The average molecular weight is 305 g/mol. The molecule has 0 unspecified atom stereocenters. The molecule has 22 heavy (non-hydrogen) atoms. The molecular weight excluding hydrogens is 282 g/mol. The average Bonchev–Trinajstić information content (AvgIpc) is 2.94. The van der Waals surface area contributed by atoms with Gasteiger partial charge < -0.3 is 15.2 Å². The highest BCUT2D eigenvalue weighted by molar-refractivity contribution is 5.82. The monoisotopic (exact) mass is 305 g/mol. The van der Waals surface area contributed by atoms with Crippen molar-refractivity contribution >= 4 is 12.1 Å². The number of benzene rings is 1. The maximum Gasteiger partial charge on any atom is 0.516 e. The number of rotatable bonds is 5. The van der Waals surface area contributed by atoms with E-state index in [0.717, 1.165) is 31.2 Å². The molecule has 0 aliphatic heterocycles. The summed E-state index contributed by atoms with van der Waals surface area (Å²) in [4.78, 5) is 23.3. The van der Waals surface area contributed by atoms with Crippen molar-refractivity contribution in [2.75, 3.05) is 0 Å². The van der Waals surface area contributed by atoms with Crippen LogP contribution in [0.4, 0.5) is 4.79 Å². The Kier molecular flexibility index (Phi) is 5.55. The summed E-state index contributed by atoms with van der Waals surface area (Å²) in [5.41, 5.74) is 6.90. The van der Waals surface area contributed by atoms with Gasteiger partial charge in [-0.1, -0.05) is 50.1 Å². The molecule has 0 bridgehead atoms. The quantitative estimate of drug-likeness (QED) is 0.667. The Balaban J connectivity index is 1.73. The molecule has 1 aromatic carbocycles. The maximum atomic E-state index is 11.8. The van der Waals surface area contributed by atoms with Crippen molar-refractivity contribution < 1.29 is 19.1 Å². The lowest BCUT2D eigenvalue weighted by Gasteiger charge is -2.30. The molecule has 5 nitrogen and oxygen atoms in total. The van der Waals surface area contributed by atoms with Crippen molar-refractivity contribution in [2.24, 2.45) is 11.1 Å². The first-order valence-electron chi connectivity index (χ1n) is 7.66. The number of nitrogens with two attached hydrogens (primary N) is 1. The van der Waals surface area contributed by atoms with Gasteiger partial charge >= 0.3 is 12.1 Å². The third-order valence-corrected chi connectivity index (χ3v) is 4.42. The molecular formula is C17H23NO4. The topological polar surface area (TPSA) is 78.6 Å². The molecule has 0 heterocycles. The fourth-order valence-electron chi connectivity index (χ4n) is 2.86.